The maximum atomic E-state index is 12.7. The summed E-state index contributed by atoms with van der Waals surface area (Å²) in [6.07, 6.45) is 0.793. The molecule has 4 rings (SSSR count). The summed E-state index contributed by atoms with van der Waals surface area (Å²) in [7, 11) is 2.73. The van der Waals surface area contributed by atoms with Crippen LogP contribution in [-0.4, -0.2) is 26.2 Å². The fourth-order valence-corrected chi connectivity index (χ4v) is 4.24. The van der Waals surface area contributed by atoms with Crippen LogP contribution >= 0.6 is 0 Å². The highest BCUT2D eigenvalue weighted by Crippen LogP contribution is 2.33. The number of methoxy groups -OCH3 is 2. The van der Waals surface area contributed by atoms with Gasteiger partial charge in [-0.3, -0.25) is 9.59 Å². The lowest BCUT2D eigenvalue weighted by Gasteiger charge is -2.20. The van der Waals surface area contributed by atoms with Gasteiger partial charge in [0, 0.05) is 0 Å². The average molecular weight is 511 g/mol. The number of hydrogen-bond donors (Lipinski definition) is 0. The van der Waals surface area contributed by atoms with Crippen LogP contribution in [0.4, 0.5) is 0 Å². The molecule has 0 saturated carbocycles. The Morgan fingerprint density at radius 3 is 1.13 bits per heavy atom. The fourth-order valence-electron chi connectivity index (χ4n) is 4.24. The van der Waals surface area contributed by atoms with E-state index in [1.165, 1.54) is 14.2 Å². The van der Waals surface area contributed by atoms with E-state index in [1.54, 1.807) is 0 Å². The summed E-state index contributed by atoms with van der Waals surface area (Å²) in [6, 6.07) is 33.6. The minimum atomic E-state index is -0.543. The minimum Gasteiger partial charge on any atom is -0.469 e. The first-order chi connectivity index (χ1) is 18.6. The Morgan fingerprint density at radius 1 is 0.500 bits per heavy atom. The number of benzene rings is 4. The molecule has 0 saturated heterocycles. The van der Waals surface area contributed by atoms with Crippen LogP contribution in [0.25, 0.3) is 0 Å². The van der Waals surface area contributed by atoms with E-state index >= 15 is 0 Å². The van der Waals surface area contributed by atoms with Crippen LogP contribution in [0.5, 0.6) is 23.0 Å². The molecule has 194 valence electrons. The first-order valence-electron chi connectivity index (χ1n) is 12.4. The molecule has 0 aliphatic heterocycles. The Hall–Kier alpha value is -4.58. The Bertz CT molecular complexity index is 1200. The van der Waals surface area contributed by atoms with E-state index in [4.69, 9.17) is 18.9 Å². The minimum absolute atomic E-state index is 0.364. The first-order valence-corrected chi connectivity index (χ1v) is 12.4. The number of carbonyl (C=O) groups is 2. The van der Waals surface area contributed by atoms with Crippen LogP contribution in [0.2, 0.25) is 0 Å². The van der Waals surface area contributed by atoms with Crippen LogP contribution in [0.3, 0.4) is 0 Å². The Balaban J connectivity index is 1.47. The number of carbonyl (C=O) groups excluding carboxylic acids is 2. The second-order valence-electron chi connectivity index (χ2n) is 8.70. The summed E-state index contributed by atoms with van der Waals surface area (Å²) in [6.45, 7) is 0. The van der Waals surface area contributed by atoms with Gasteiger partial charge >= 0.3 is 11.9 Å². The molecule has 38 heavy (non-hydrogen) atoms. The maximum Gasteiger partial charge on any atom is 0.313 e. The van der Waals surface area contributed by atoms with Gasteiger partial charge in [0.2, 0.25) is 0 Å². The highest BCUT2D eigenvalue weighted by Gasteiger charge is 2.27. The second-order valence-corrected chi connectivity index (χ2v) is 8.70. The van der Waals surface area contributed by atoms with Gasteiger partial charge in [-0.2, -0.15) is 0 Å². The van der Waals surface area contributed by atoms with Crippen molar-refractivity contribution >= 4 is 11.9 Å². The van der Waals surface area contributed by atoms with E-state index in [0.717, 1.165) is 22.6 Å². The zero-order valence-corrected chi connectivity index (χ0v) is 21.4. The summed E-state index contributed by atoms with van der Waals surface area (Å²) in [4.78, 5) is 25.4. The van der Waals surface area contributed by atoms with Crippen molar-refractivity contribution in [3.05, 3.63) is 120 Å². The van der Waals surface area contributed by atoms with E-state index in [0.29, 0.717) is 24.3 Å². The first kappa shape index (κ1) is 26.5. The van der Waals surface area contributed by atoms with E-state index in [1.807, 2.05) is 109 Å². The molecule has 4 aromatic carbocycles. The van der Waals surface area contributed by atoms with Crippen molar-refractivity contribution in [2.24, 2.45) is 0 Å². The number of ether oxygens (including phenoxy) is 4. The van der Waals surface area contributed by atoms with Gasteiger partial charge in [0.15, 0.2) is 0 Å². The van der Waals surface area contributed by atoms with Gasteiger partial charge in [-0.1, -0.05) is 60.7 Å². The fraction of sp³-hybridized carbons (Fsp3) is 0.188. The van der Waals surface area contributed by atoms with E-state index in [9.17, 15) is 9.59 Å². The molecule has 2 atom stereocenters. The molecule has 0 heterocycles. The van der Waals surface area contributed by atoms with Crippen LogP contribution in [0.1, 0.15) is 35.8 Å². The Kier molecular flexibility index (Phi) is 9.13. The molecule has 0 radical (unpaired) electrons. The number of para-hydroxylation sites is 2. The van der Waals surface area contributed by atoms with Gasteiger partial charge in [-0.15, -0.1) is 0 Å². The molecule has 4 aromatic rings. The van der Waals surface area contributed by atoms with Crippen molar-refractivity contribution in [2.45, 2.75) is 24.7 Å². The quantitative estimate of drug-likeness (QED) is 0.198. The third-order valence-corrected chi connectivity index (χ3v) is 6.24. The summed E-state index contributed by atoms with van der Waals surface area (Å²) in [5.74, 6) is 0.963. The lowest BCUT2D eigenvalue weighted by Crippen LogP contribution is -2.19. The van der Waals surface area contributed by atoms with Crippen molar-refractivity contribution < 1.29 is 28.5 Å². The van der Waals surface area contributed by atoms with Crippen LogP contribution in [-0.2, 0) is 19.1 Å². The zero-order valence-electron chi connectivity index (χ0n) is 21.4. The number of esters is 2. The van der Waals surface area contributed by atoms with E-state index < -0.39 is 11.8 Å². The van der Waals surface area contributed by atoms with E-state index in [2.05, 4.69) is 0 Å². The van der Waals surface area contributed by atoms with Gasteiger partial charge in [-0.25, -0.2) is 0 Å². The number of hydrogen-bond acceptors (Lipinski definition) is 6. The molecule has 0 bridgehead atoms. The molecule has 0 aromatic heterocycles. The van der Waals surface area contributed by atoms with Gasteiger partial charge in [0.1, 0.15) is 23.0 Å². The molecular formula is C32H30O6. The van der Waals surface area contributed by atoms with Gasteiger partial charge in [0.05, 0.1) is 26.1 Å². The van der Waals surface area contributed by atoms with Crippen molar-refractivity contribution in [2.75, 3.05) is 14.2 Å². The number of rotatable bonds is 11. The summed E-state index contributed by atoms with van der Waals surface area (Å²) >= 11 is 0. The molecule has 0 spiro atoms. The zero-order chi connectivity index (χ0) is 26.7. The molecular weight excluding hydrogens is 480 g/mol. The topological polar surface area (TPSA) is 71.1 Å². The van der Waals surface area contributed by atoms with Gasteiger partial charge < -0.3 is 18.9 Å². The van der Waals surface area contributed by atoms with Crippen LogP contribution < -0.4 is 9.47 Å². The highest BCUT2D eigenvalue weighted by atomic mass is 16.5. The van der Waals surface area contributed by atoms with E-state index in [-0.39, 0.29) is 11.9 Å². The Labute approximate surface area is 222 Å². The van der Waals surface area contributed by atoms with Crippen LogP contribution in [0.15, 0.2) is 109 Å². The van der Waals surface area contributed by atoms with Crippen molar-refractivity contribution in [3.63, 3.8) is 0 Å². The lowest BCUT2D eigenvalue weighted by atomic mass is 9.87. The molecule has 0 aliphatic carbocycles. The summed E-state index contributed by atoms with van der Waals surface area (Å²) in [5.41, 5.74) is 1.57. The molecule has 6 heteroatoms. The third-order valence-electron chi connectivity index (χ3n) is 6.24. The predicted octanol–water partition coefficient (Wildman–Crippen LogP) is 7.26. The summed E-state index contributed by atoms with van der Waals surface area (Å²) in [5, 5.41) is 0. The predicted molar refractivity (Wildman–Crippen MR) is 145 cm³/mol. The van der Waals surface area contributed by atoms with Crippen molar-refractivity contribution in [1.29, 1.82) is 0 Å². The smallest absolute Gasteiger partial charge is 0.313 e. The molecule has 0 N–H and O–H groups in total. The van der Waals surface area contributed by atoms with Crippen LogP contribution in [0, 0.1) is 0 Å². The standard InChI is InChI=1S/C32H30O6/c1-35-31(33)29(23-13-17-27(18-14-23)37-25-9-5-3-6-10-25)21-22-30(32(34)36-2)24-15-19-28(20-16-24)38-26-11-7-4-8-12-26/h3-20,29-30H,21-22H2,1-2H3. The van der Waals surface area contributed by atoms with Gasteiger partial charge in [-0.05, 0) is 72.5 Å². The largest absolute Gasteiger partial charge is 0.469 e. The molecule has 0 aliphatic rings. The normalized spacial score (nSPS) is 12.2. The lowest BCUT2D eigenvalue weighted by molar-refractivity contribution is -0.145. The highest BCUT2D eigenvalue weighted by molar-refractivity contribution is 5.80. The molecule has 0 amide bonds. The maximum absolute atomic E-state index is 12.7. The molecule has 6 nitrogen and oxygen atoms in total. The Morgan fingerprint density at radius 2 is 0.816 bits per heavy atom. The molecule has 2 unspecified atom stereocenters. The third kappa shape index (κ3) is 7.01. The monoisotopic (exact) mass is 510 g/mol. The average Bonchev–Trinajstić information content (AvgIpc) is 2.97. The van der Waals surface area contributed by atoms with Gasteiger partial charge in [0.25, 0.3) is 0 Å². The molecule has 0 fully saturated rings. The van der Waals surface area contributed by atoms with Crippen molar-refractivity contribution in [1.82, 2.24) is 0 Å². The summed E-state index contributed by atoms with van der Waals surface area (Å²) < 4.78 is 21.9. The SMILES string of the molecule is COC(=O)C(CCC(C(=O)OC)c1ccc(Oc2ccccc2)cc1)c1ccc(Oc2ccccc2)cc1. The second kappa shape index (κ2) is 13.1. The van der Waals surface area contributed by atoms with Crippen molar-refractivity contribution in [3.8, 4) is 23.0 Å².